The topological polar surface area (TPSA) is 49.4 Å². The molecule has 1 aliphatic rings. The first-order valence-corrected chi connectivity index (χ1v) is 9.04. The van der Waals surface area contributed by atoms with Crippen LogP contribution in [-0.2, 0) is 9.59 Å². The molecule has 0 radical (unpaired) electrons. The molecule has 2 amide bonds. The molecule has 0 unspecified atom stereocenters. The standard InChI is InChI=1S/C17H23FN2O2S/c1-12(14-4-3-5-15(18)11-14)10-16(21)19-13(2)17(22)20-6-8-23-9-7-20/h3-5,11-13H,6-10H2,1-2H3,(H,19,21)/t12-,13-/m0/s1. The quantitative estimate of drug-likeness (QED) is 0.897. The molecule has 2 rings (SSSR count). The second kappa shape index (κ2) is 8.34. The average molecular weight is 338 g/mol. The Labute approximate surface area is 140 Å². The van der Waals surface area contributed by atoms with Gasteiger partial charge in [-0.3, -0.25) is 9.59 Å². The first-order chi connectivity index (χ1) is 11.0. The highest BCUT2D eigenvalue weighted by atomic mass is 32.2. The highest BCUT2D eigenvalue weighted by Gasteiger charge is 2.24. The van der Waals surface area contributed by atoms with Gasteiger partial charge in [0.1, 0.15) is 11.9 Å². The third-order valence-corrected chi connectivity index (χ3v) is 4.92. The molecule has 2 atom stereocenters. The molecule has 4 nitrogen and oxygen atoms in total. The summed E-state index contributed by atoms with van der Waals surface area (Å²) in [6, 6.07) is 5.75. The van der Waals surface area contributed by atoms with Gasteiger partial charge in [-0.15, -0.1) is 0 Å². The number of hydrogen-bond donors (Lipinski definition) is 1. The minimum absolute atomic E-state index is 0.0305. The lowest BCUT2D eigenvalue weighted by atomic mass is 9.97. The molecular formula is C17H23FN2O2S. The molecular weight excluding hydrogens is 315 g/mol. The largest absolute Gasteiger partial charge is 0.345 e. The molecule has 1 N–H and O–H groups in total. The maximum atomic E-state index is 13.2. The summed E-state index contributed by atoms with van der Waals surface area (Å²) in [5.74, 6) is 1.28. The van der Waals surface area contributed by atoms with E-state index in [9.17, 15) is 14.0 Å². The van der Waals surface area contributed by atoms with Gasteiger partial charge >= 0.3 is 0 Å². The van der Waals surface area contributed by atoms with E-state index in [0.717, 1.165) is 30.2 Å². The van der Waals surface area contributed by atoms with Crippen molar-refractivity contribution >= 4 is 23.6 Å². The van der Waals surface area contributed by atoms with Crippen molar-refractivity contribution in [1.82, 2.24) is 10.2 Å². The summed E-state index contributed by atoms with van der Waals surface area (Å²) in [4.78, 5) is 26.2. The van der Waals surface area contributed by atoms with Crippen LogP contribution in [0.5, 0.6) is 0 Å². The fourth-order valence-corrected chi connectivity index (χ4v) is 3.53. The van der Waals surface area contributed by atoms with E-state index in [0.29, 0.717) is 0 Å². The third-order valence-electron chi connectivity index (χ3n) is 3.98. The van der Waals surface area contributed by atoms with Crippen LogP contribution < -0.4 is 5.32 Å². The van der Waals surface area contributed by atoms with E-state index < -0.39 is 6.04 Å². The molecule has 6 heteroatoms. The summed E-state index contributed by atoms with van der Waals surface area (Å²) in [5.41, 5.74) is 0.784. The maximum absolute atomic E-state index is 13.2. The number of thioether (sulfide) groups is 1. The Morgan fingerprint density at radius 1 is 1.30 bits per heavy atom. The summed E-state index contributed by atoms with van der Waals surface area (Å²) >= 11 is 1.84. The van der Waals surface area contributed by atoms with Crippen molar-refractivity contribution in [3.63, 3.8) is 0 Å². The minimum Gasteiger partial charge on any atom is -0.345 e. The molecule has 0 saturated carbocycles. The van der Waals surface area contributed by atoms with Gasteiger partial charge in [0.15, 0.2) is 0 Å². The molecule has 0 aromatic heterocycles. The minimum atomic E-state index is -0.523. The van der Waals surface area contributed by atoms with Gasteiger partial charge in [-0.25, -0.2) is 4.39 Å². The molecule has 1 aromatic carbocycles. The lowest BCUT2D eigenvalue weighted by Gasteiger charge is -2.29. The van der Waals surface area contributed by atoms with Crippen LogP contribution in [0.3, 0.4) is 0 Å². The van der Waals surface area contributed by atoms with Gasteiger partial charge in [0.05, 0.1) is 0 Å². The number of carbonyl (C=O) groups is 2. The summed E-state index contributed by atoms with van der Waals surface area (Å²) in [6.45, 7) is 5.07. The van der Waals surface area contributed by atoms with Crippen LogP contribution in [0.4, 0.5) is 4.39 Å². The zero-order valence-corrected chi connectivity index (χ0v) is 14.4. The second-order valence-corrected chi connectivity index (χ2v) is 7.11. The van der Waals surface area contributed by atoms with Crippen LogP contribution in [0.1, 0.15) is 31.7 Å². The molecule has 1 saturated heterocycles. The molecule has 0 aliphatic carbocycles. The highest BCUT2D eigenvalue weighted by molar-refractivity contribution is 7.99. The first kappa shape index (κ1) is 17.8. The van der Waals surface area contributed by atoms with Gasteiger partial charge in [0.2, 0.25) is 11.8 Å². The van der Waals surface area contributed by atoms with E-state index in [1.54, 1.807) is 24.0 Å². The van der Waals surface area contributed by atoms with Gasteiger partial charge < -0.3 is 10.2 Å². The molecule has 0 bridgehead atoms. The van der Waals surface area contributed by atoms with Gasteiger partial charge in [0.25, 0.3) is 0 Å². The average Bonchev–Trinajstić information content (AvgIpc) is 2.54. The zero-order valence-electron chi connectivity index (χ0n) is 13.5. The van der Waals surface area contributed by atoms with Gasteiger partial charge in [-0.1, -0.05) is 19.1 Å². The summed E-state index contributed by atoms with van der Waals surface area (Å²) in [7, 11) is 0. The smallest absolute Gasteiger partial charge is 0.244 e. The van der Waals surface area contributed by atoms with E-state index >= 15 is 0 Å². The number of amides is 2. The van der Waals surface area contributed by atoms with Crippen molar-refractivity contribution < 1.29 is 14.0 Å². The lowest BCUT2D eigenvalue weighted by Crippen LogP contribution is -2.49. The summed E-state index contributed by atoms with van der Waals surface area (Å²) in [6.07, 6.45) is 0.233. The fourth-order valence-electron chi connectivity index (χ4n) is 2.63. The van der Waals surface area contributed by atoms with E-state index in [-0.39, 0.29) is 30.0 Å². The van der Waals surface area contributed by atoms with Crippen LogP contribution in [0.2, 0.25) is 0 Å². The molecule has 1 aromatic rings. The predicted molar refractivity (Wildman–Crippen MR) is 90.9 cm³/mol. The van der Waals surface area contributed by atoms with E-state index in [2.05, 4.69) is 5.32 Å². The Bertz CT molecular complexity index is 561. The van der Waals surface area contributed by atoms with E-state index in [1.165, 1.54) is 12.1 Å². The number of nitrogens with one attached hydrogen (secondary N) is 1. The van der Waals surface area contributed by atoms with Crippen LogP contribution >= 0.6 is 11.8 Å². The van der Waals surface area contributed by atoms with E-state index in [1.807, 2.05) is 18.7 Å². The number of hydrogen-bond acceptors (Lipinski definition) is 3. The lowest BCUT2D eigenvalue weighted by molar-refractivity contribution is -0.135. The Hall–Kier alpha value is -1.56. The Morgan fingerprint density at radius 2 is 2.00 bits per heavy atom. The fraction of sp³-hybridized carbons (Fsp3) is 0.529. The van der Waals surface area contributed by atoms with Gasteiger partial charge in [-0.2, -0.15) is 11.8 Å². The molecule has 1 heterocycles. The number of benzene rings is 1. The van der Waals surface area contributed by atoms with E-state index in [4.69, 9.17) is 0 Å². The molecule has 1 fully saturated rings. The van der Waals surface area contributed by atoms with Crippen molar-refractivity contribution in [2.75, 3.05) is 24.6 Å². The Kier molecular flexibility index (Phi) is 6.45. The van der Waals surface area contributed by atoms with Crippen LogP contribution in [-0.4, -0.2) is 47.4 Å². The monoisotopic (exact) mass is 338 g/mol. The van der Waals surface area contributed by atoms with Crippen LogP contribution in [0.15, 0.2) is 24.3 Å². The summed E-state index contributed by atoms with van der Waals surface area (Å²) < 4.78 is 13.2. The molecule has 0 spiro atoms. The number of carbonyl (C=O) groups excluding carboxylic acids is 2. The van der Waals surface area contributed by atoms with Crippen molar-refractivity contribution in [1.29, 1.82) is 0 Å². The van der Waals surface area contributed by atoms with Crippen molar-refractivity contribution in [2.45, 2.75) is 32.2 Å². The van der Waals surface area contributed by atoms with Crippen LogP contribution in [0.25, 0.3) is 0 Å². The number of rotatable bonds is 5. The SMILES string of the molecule is C[C@H](NC(=O)C[C@H](C)c1cccc(F)c1)C(=O)N1CCSCC1. The Morgan fingerprint density at radius 3 is 2.65 bits per heavy atom. The first-order valence-electron chi connectivity index (χ1n) is 7.88. The maximum Gasteiger partial charge on any atom is 0.244 e. The second-order valence-electron chi connectivity index (χ2n) is 5.89. The molecule has 126 valence electrons. The third kappa shape index (κ3) is 5.23. The number of nitrogens with zero attached hydrogens (tertiary/aromatic N) is 1. The number of halogens is 1. The zero-order chi connectivity index (χ0) is 16.8. The van der Waals surface area contributed by atoms with Gasteiger partial charge in [0, 0.05) is 31.0 Å². The normalized spacial score (nSPS) is 17.4. The van der Waals surface area contributed by atoms with Crippen molar-refractivity contribution in [2.24, 2.45) is 0 Å². The molecule has 1 aliphatic heterocycles. The summed E-state index contributed by atoms with van der Waals surface area (Å²) in [5, 5.41) is 2.76. The van der Waals surface area contributed by atoms with Crippen LogP contribution in [0, 0.1) is 5.82 Å². The Balaban J connectivity index is 1.84. The highest BCUT2D eigenvalue weighted by Crippen LogP contribution is 2.19. The van der Waals surface area contributed by atoms with Crippen molar-refractivity contribution in [3.8, 4) is 0 Å². The van der Waals surface area contributed by atoms with Gasteiger partial charge in [-0.05, 0) is 30.5 Å². The van der Waals surface area contributed by atoms with Crippen molar-refractivity contribution in [3.05, 3.63) is 35.6 Å². The predicted octanol–water partition coefficient (Wildman–Crippen LogP) is 2.40. The molecule has 23 heavy (non-hydrogen) atoms.